The molecule has 138 valence electrons. The van der Waals surface area contributed by atoms with Crippen LogP contribution < -0.4 is 21.1 Å². The Labute approximate surface area is 155 Å². The molecule has 8 heteroatoms. The second kappa shape index (κ2) is 6.64. The number of aromatic nitrogens is 3. The van der Waals surface area contributed by atoms with E-state index >= 15 is 0 Å². The molecule has 1 aromatic heterocycles. The van der Waals surface area contributed by atoms with Crippen LogP contribution in [0.4, 0.5) is 10.5 Å². The van der Waals surface area contributed by atoms with Crippen molar-refractivity contribution in [1.82, 2.24) is 19.7 Å². The summed E-state index contributed by atoms with van der Waals surface area (Å²) >= 11 is 0. The van der Waals surface area contributed by atoms with Crippen LogP contribution in [0.3, 0.4) is 0 Å². The van der Waals surface area contributed by atoms with Crippen LogP contribution in [0.1, 0.15) is 18.5 Å². The molecule has 4 rings (SSSR count). The van der Waals surface area contributed by atoms with Crippen molar-refractivity contribution < 1.29 is 9.53 Å². The topological polar surface area (TPSA) is 90.2 Å². The van der Waals surface area contributed by atoms with E-state index in [2.05, 4.69) is 15.7 Å². The molecule has 0 fully saturated rings. The Kier molecular flexibility index (Phi) is 4.15. The van der Waals surface area contributed by atoms with Crippen LogP contribution in [0.2, 0.25) is 0 Å². The molecule has 2 N–H and O–H groups in total. The SMILES string of the molecule is CC1Oc2ccccc2C1NC(=O)Nc1ccc(-n2ncn(C)c2=O)cc1. The summed E-state index contributed by atoms with van der Waals surface area (Å²) in [4.78, 5) is 24.3. The highest BCUT2D eigenvalue weighted by atomic mass is 16.5. The van der Waals surface area contributed by atoms with Gasteiger partial charge in [-0.15, -0.1) is 0 Å². The van der Waals surface area contributed by atoms with Gasteiger partial charge in [-0.05, 0) is 37.3 Å². The maximum atomic E-state index is 12.4. The van der Waals surface area contributed by atoms with Crippen LogP contribution in [0, 0.1) is 0 Å². The van der Waals surface area contributed by atoms with Gasteiger partial charge in [-0.3, -0.25) is 4.57 Å². The van der Waals surface area contributed by atoms with Crippen LogP contribution in [-0.2, 0) is 7.05 Å². The maximum absolute atomic E-state index is 12.4. The standard InChI is InChI=1S/C19H19N5O3/c1-12-17(15-5-3-4-6-16(15)27-12)22-18(25)21-13-7-9-14(10-8-13)24-19(26)23(2)11-20-24/h3-12,17H,1-2H3,(H2,21,22,25). The largest absolute Gasteiger partial charge is 0.488 e. The summed E-state index contributed by atoms with van der Waals surface area (Å²) in [7, 11) is 1.64. The third kappa shape index (κ3) is 3.17. The van der Waals surface area contributed by atoms with Crippen LogP contribution >= 0.6 is 0 Å². The number of nitrogens with zero attached hydrogens (tertiary/aromatic N) is 3. The van der Waals surface area contributed by atoms with Gasteiger partial charge in [0, 0.05) is 18.3 Å². The van der Waals surface area contributed by atoms with E-state index in [1.807, 2.05) is 31.2 Å². The quantitative estimate of drug-likeness (QED) is 0.745. The van der Waals surface area contributed by atoms with E-state index < -0.39 is 0 Å². The lowest BCUT2D eigenvalue weighted by molar-refractivity contribution is 0.204. The molecule has 2 unspecified atom stereocenters. The van der Waals surface area contributed by atoms with Gasteiger partial charge in [0.15, 0.2) is 0 Å². The lowest BCUT2D eigenvalue weighted by atomic mass is 10.1. The number of nitrogens with one attached hydrogen (secondary N) is 2. The Morgan fingerprint density at radius 2 is 1.89 bits per heavy atom. The number of benzene rings is 2. The molecule has 2 heterocycles. The number of hydrogen-bond acceptors (Lipinski definition) is 4. The van der Waals surface area contributed by atoms with Crippen LogP contribution in [0.25, 0.3) is 5.69 Å². The first kappa shape index (κ1) is 16.9. The van der Waals surface area contributed by atoms with E-state index in [1.54, 1.807) is 31.3 Å². The maximum Gasteiger partial charge on any atom is 0.350 e. The minimum atomic E-state index is -0.324. The van der Waals surface area contributed by atoms with Gasteiger partial charge in [0.1, 0.15) is 18.2 Å². The molecule has 1 aliphatic heterocycles. The highest BCUT2D eigenvalue weighted by Crippen LogP contribution is 2.36. The summed E-state index contributed by atoms with van der Waals surface area (Å²) in [6.07, 6.45) is 1.30. The molecular formula is C19H19N5O3. The molecule has 2 aromatic carbocycles. The fourth-order valence-corrected chi connectivity index (χ4v) is 3.11. The van der Waals surface area contributed by atoms with E-state index in [9.17, 15) is 9.59 Å². The Bertz CT molecular complexity index is 1040. The number of carbonyl (C=O) groups excluding carboxylic acids is 1. The van der Waals surface area contributed by atoms with E-state index in [0.29, 0.717) is 11.4 Å². The molecule has 0 bridgehead atoms. The Morgan fingerprint density at radius 1 is 1.15 bits per heavy atom. The molecule has 0 radical (unpaired) electrons. The highest BCUT2D eigenvalue weighted by molar-refractivity contribution is 5.89. The Balaban J connectivity index is 1.44. The van der Waals surface area contributed by atoms with Crippen LogP contribution in [0.15, 0.2) is 59.7 Å². The molecule has 2 amide bonds. The third-order valence-corrected chi connectivity index (χ3v) is 4.52. The summed E-state index contributed by atoms with van der Waals surface area (Å²) in [5, 5.41) is 9.77. The minimum absolute atomic E-state index is 0.147. The smallest absolute Gasteiger partial charge is 0.350 e. The molecule has 27 heavy (non-hydrogen) atoms. The molecule has 3 aromatic rings. The van der Waals surface area contributed by atoms with Crippen molar-refractivity contribution in [2.75, 3.05) is 5.32 Å². The predicted octanol–water partition coefficient (Wildman–Crippen LogP) is 2.21. The van der Waals surface area contributed by atoms with Crippen molar-refractivity contribution >= 4 is 11.7 Å². The first-order valence-corrected chi connectivity index (χ1v) is 8.57. The number of ether oxygens (including phenoxy) is 1. The molecular weight excluding hydrogens is 346 g/mol. The van der Waals surface area contributed by atoms with Crippen molar-refractivity contribution in [3.05, 3.63) is 70.9 Å². The second-order valence-electron chi connectivity index (χ2n) is 6.42. The zero-order valence-corrected chi connectivity index (χ0v) is 14.9. The average molecular weight is 365 g/mol. The zero-order chi connectivity index (χ0) is 19.0. The van der Waals surface area contributed by atoms with Crippen molar-refractivity contribution in [2.24, 2.45) is 7.05 Å². The molecule has 8 nitrogen and oxygen atoms in total. The molecule has 2 atom stereocenters. The van der Waals surface area contributed by atoms with Gasteiger partial charge in [-0.1, -0.05) is 18.2 Å². The number of para-hydroxylation sites is 1. The first-order valence-electron chi connectivity index (χ1n) is 8.57. The van der Waals surface area contributed by atoms with Gasteiger partial charge in [0.2, 0.25) is 0 Å². The average Bonchev–Trinajstić information content (AvgIpc) is 3.16. The molecule has 0 saturated heterocycles. The normalized spacial score (nSPS) is 17.9. The van der Waals surface area contributed by atoms with Gasteiger partial charge < -0.3 is 15.4 Å². The van der Waals surface area contributed by atoms with Crippen LogP contribution in [-0.4, -0.2) is 26.5 Å². The molecule has 0 aliphatic carbocycles. The fourth-order valence-electron chi connectivity index (χ4n) is 3.11. The van der Waals surface area contributed by atoms with E-state index in [4.69, 9.17) is 4.74 Å². The van der Waals surface area contributed by atoms with Crippen molar-refractivity contribution in [1.29, 1.82) is 0 Å². The zero-order valence-electron chi connectivity index (χ0n) is 14.9. The van der Waals surface area contributed by atoms with Gasteiger partial charge in [-0.25, -0.2) is 9.59 Å². The number of fused-ring (bicyclic) bond motifs is 1. The number of urea groups is 1. The molecule has 0 saturated carbocycles. The third-order valence-electron chi connectivity index (χ3n) is 4.52. The Morgan fingerprint density at radius 3 is 2.59 bits per heavy atom. The number of anilines is 1. The first-order chi connectivity index (χ1) is 13.0. The van der Waals surface area contributed by atoms with Crippen molar-refractivity contribution in [3.63, 3.8) is 0 Å². The van der Waals surface area contributed by atoms with Crippen molar-refractivity contribution in [2.45, 2.75) is 19.1 Å². The van der Waals surface area contributed by atoms with Gasteiger partial charge in [0.25, 0.3) is 0 Å². The second-order valence-corrected chi connectivity index (χ2v) is 6.42. The summed E-state index contributed by atoms with van der Waals surface area (Å²) in [5.74, 6) is 0.792. The summed E-state index contributed by atoms with van der Waals surface area (Å²) in [6.45, 7) is 1.92. The van der Waals surface area contributed by atoms with Crippen molar-refractivity contribution in [3.8, 4) is 11.4 Å². The fraction of sp³-hybridized carbons (Fsp3) is 0.211. The van der Waals surface area contributed by atoms with E-state index in [-0.39, 0.29) is 23.9 Å². The van der Waals surface area contributed by atoms with Gasteiger partial charge >= 0.3 is 11.7 Å². The van der Waals surface area contributed by atoms with E-state index in [0.717, 1.165) is 11.3 Å². The van der Waals surface area contributed by atoms with E-state index in [1.165, 1.54) is 15.6 Å². The lowest BCUT2D eigenvalue weighted by Crippen LogP contribution is -2.36. The minimum Gasteiger partial charge on any atom is -0.488 e. The molecule has 0 spiro atoms. The number of hydrogen-bond donors (Lipinski definition) is 2. The van der Waals surface area contributed by atoms with Gasteiger partial charge in [0.05, 0.1) is 11.7 Å². The van der Waals surface area contributed by atoms with Crippen LogP contribution in [0.5, 0.6) is 5.75 Å². The summed E-state index contributed by atoms with van der Waals surface area (Å²) in [6, 6.07) is 14.0. The van der Waals surface area contributed by atoms with Gasteiger partial charge in [-0.2, -0.15) is 9.78 Å². The number of amides is 2. The Hall–Kier alpha value is -3.55. The lowest BCUT2D eigenvalue weighted by Gasteiger charge is -2.17. The number of aryl methyl sites for hydroxylation is 1. The predicted molar refractivity (Wildman–Crippen MR) is 100 cm³/mol. The monoisotopic (exact) mass is 365 g/mol. The highest BCUT2D eigenvalue weighted by Gasteiger charge is 2.32. The number of carbonyl (C=O) groups is 1. The number of rotatable bonds is 3. The summed E-state index contributed by atoms with van der Waals surface area (Å²) in [5.41, 5.74) is 1.96. The summed E-state index contributed by atoms with van der Waals surface area (Å²) < 4.78 is 8.45. The molecule has 1 aliphatic rings.